The summed E-state index contributed by atoms with van der Waals surface area (Å²) in [5.74, 6) is -2.42. The van der Waals surface area contributed by atoms with Gasteiger partial charge in [-0.25, -0.2) is 9.69 Å². The van der Waals surface area contributed by atoms with Crippen LogP contribution in [0.5, 0.6) is 0 Å². The highest BCUT2D eigenvalue weighted by Gasteiger charge is 2.45. The van der Waals surface area contributed by atoms with Crippen molar-refractivity contribution >= 4 is 23.8 Å². The van der Waals surface area contributed by atoms with E-state index in [1.807, 2.05) is 36.4 Å². The Bertz CT molecular complexity index is 836. The molecule has 1 heterocycles. The maximum absolute atomic E-state index is 12.4. The number of urea groups is 1. The Labute approximate surface area is 150 Å². The first-order valence-electron chi connectivity index (χ1n) is 8.08. The van der Waals surface area contributed by atoms with Gasteiger partial charge in [-0.15, -0.1) is 0 Å². The quantitative estimate of drug-likeness (QED) is 0.628. The lowest BCUT2D eigenvalue weighted by Gasteiger charge is -2.15. The number of carbonyl (C=O) groups is 4. The number of nitrogens with zero attached hydrogens (tertiary/aromatic N) is 2. The number of nitrogens with one attached hydrogen (secondary N) is 1. The fourth-order valence-corrected chi connectivity index (χ4v) is 2.59. The van der Waals surface area contributed by atoms with Gasteiger partial charge in [-0.05, 0) is 11.1 Å². The molecule has 0 atom stereocenters. The topological polar surface area (TPSA) is 86.8 Å². The van der Waals surface area contributed by atoms with Gasteiger partial charge in [0.15, 0.2) is 0 Å². The number of amides is 5. The summed E-state index contributed by atoms with van der Waals surface area (Å²) in [5.41, 5.74) is 1.61. The molecule has 132 valence electrons. The van der Waals surface area contributed by atoms with Crippen LogP contribution in [0.25, 0.3) is 0 Å². The molecule has 0 saturated carbocycles. The third-order valence-corrected chi connectivity index (χ3v) is 3.95. The fourth-order valence-electron chi connectivity index (χ4n) is 2.59. The Morgan fingerprint density at radius 1 is 0.769 bits per heavy atom. The van der Waals surface area contributed by atoms with Gasteiger partial charge in [0.05, 0.1) is 6.54 Å². The van der Waals surface area contributed by atoms with Gasteiger partial charge in [-0.2, -0.15) is 0 Å². The highest BCUT2D eigenvalue weighted by molar-refractivity contribution is 6.44. The third-order valence-electron chi connectivity index (χ3n) is 3.95. The lowest BCUT2D eigenvalue weighted by atomic mass is 10.2. The molecular formula is C19H17N3O4. The summed E-state index contributed by atoms with van der Waals surface area (Å²) in [5, 5.41) is 2.63. The second-order valence-corrected chi connectivity index (χ2v) is 5.81. The van der Waals surface area contributed by atoms with Crippen molar-refractivity contribution in [3.05, 3.63) is 71.8 Å². The molecule has 0 bridgehead atoms. The van der Waals surface area contributed by atoms with Crippen molar-refractivity contribution in [2.45, 2.75) is 13.1 Å². The van der Waals surface area contributed by atoms with Gasteiger partial charge in [-0.3, -0.25) is 19.3 Å². The van der Waals surface area contributed by atoms with E-state index in [9.17, 15) is 19.2 Å². The van der Waals surface area contributed by atoms with E-state index in [0.29, 0.717) is 4.90 Å². The summed E-state index contributed by atoms with van der Waals surface area (Å²) in [7, 11) is 0. The largest absolute Gasteiger partial charge is 0.350 e. The molecule has 0 aliphatic carbocycles. The van der Waals surface area contributed by atoms with E-state index in [1.54, 1.807) is 24.3 Å². The molecule has 0 aromatic heterocycles. The van der Waals surface area contributed by atoms with Crippen LogP contribution in [-0.2, 0) is 27.5 Å². The summed E-state index contributed by atoms with van der Waals surface area (Å²) in [6, 6.07) is 17.3. The van der Waals surface area contributed by atoms with Crippen molar-refractivity contribution in [2.24, 2.45) is 0 Å². The van der Waals surface area contributed by atoms with Crippen LogP contribution in [-0.4, -0.2) is 40.1 Å². The van der Waals surface area contributed by atoms with E-state index >= 15 is 0 Å². The molecule has 1 saturated heterocycles. The zero-order chi connectivity index (χ0) is 18.5. The van der Waals surface area contributed by atoms with Crippen molar-refractivity contribution in [3.8, 4) is 0 Å². The highest BCUT2D eigenvalue weighted by atomic mass is 16.2. The van der Waals surface area contributed by atoms with Crippen LogP contribution in [0, 0.1) is 0 Å². The van der Waals surface area contributed by atoms with E-state index in [4.69, 9.17) is 0 Å². The molecule has 3 rings (SSSR count). The second-order valence-electron chi connectivity index (χ2n) is 5.81. The van der Waals surface area contributed by atoms with E-state index in [-0.39, 0.29) is 13.1 Å². The maximum atomic E-state index is 12.4. The van der Waals surface area contributed by atoms with Gasteiger partial charge in [0.25, 0.3) is 0 Å². The minimum atomic E-state index is -0.985. The highest BCUT2D eigenvalue weighted by Crippen LogP contribution is 2.15. The Morgan fingerprint density at radius 2 is 1.31 bits per heavy atom. The van der Waals surface area contributed by atoms with Gasteiger partial charge in [-0.1, -0.05) is 60.7 Å². The molecule has 1 aliphatic rings. The zero-order valence-corrected chi connectivity index (χ0v) is 13.9. The van der Waals surface area contributed by atoms with Gasteiger partial charge in [0.1, 0.15) is 6.54 Å². The average Bonchev–Trinajstić information content (AvgIpc) is 2.86. The minimum absolute atomic E-state index is 0.00756. The first kappa shape index (κ1) is 17.3. The number of imide groups is 2. The summed E-state index contributed by atoms with van der Waals surface area (Å²) < 4.78 is 0. The summed E-state index contributed by atoms with van der Waals surface area (Å²) in [4.78, 5) is 50.1. The standard InChI is InChI=1S/C19H17N3O4/c23-16(20-11-14-7-3-1-4-8-14)13-22-18(25)17(24)21(19(22)26)12-15-9-5-2-6-10-15/h1-10H,11-13H2,(H,20,23). The van der Waals surface area contributed by atoms with Crippen LogP contribution in [0.3, 0.4) is 0 Å². The molecule has 2 aromatic carbocycles. The number of carbonyl (C=O) groups excluding carboxylic acids is 4. The van der Waals surface area contributed by atoms with Crippen molar-refractivity contribution in [3.63, 3.8) is 0 Å². The molecule has 1 fully saturated rings. The van der Waals surface area contributed by atoms with Crippen LogP contribution in [0.4, 0.5) is 4.79 Å². The van der Waals surface area contributed by atoms with E-state index in [2.05, 4.69) is 5.32 Å². The zero-order valence-electron chi connectivity index (χ0n) is 13.9. The number of hydrogen-bond acceptors (Lipinski definition) is 4. The van der Waals surface area contributed by atoms with Crippen LogP contribution >= 0.6 is 0 Å². The van der Waals surface area contributed by atoms with E-state index < -0.39 is 30.3 Å². The summed E-state index contributed by atoms with van der Waals surface area (Å²) in [6.45, 7) is -0.217. The fraction of sp³-hybridized carbons (Fsp3) is 0.158. The summed E-state index contributed by atoms with van der Waals surface area (Å²) >= 11 is 0. The Balaban J connectivity index is 1.61. The normalized spacial score (nSPS) is 14.1. The first-order chi connectivity index (χ1) is 12.6. The smallest absolute Gasteiger partial charge is 0.335 e. The van der Waals surface area contributed by atoms with Crippen LogP contribution < -0.4 is 5.32 Å². The van der Waals surface area contributed by atoms with E-state index in [0.717, 1.165) is 16.0 Å². The predicted molar refractivity (Wildman–Crippen MR) is 92.4 cm³/mol. The van der Waals surface area contributed by atoms with Gasteiger partial charge >= 0.3 is 17.8 Å². The van der Waals surface area contributed by atoms with Gasteiger partial charge in [0, 0.05) is 6.54 Å². The van der Waals surface area contributed by atoms with Crippen LogP contribution in [0.2, 0.25) is 0 Å². The van der Waals surface area contributed by atoms with Gasteiger partial charge < -0.3 is 5.32 Å². The molecule has 26 heavy (non-hydrogen) atoms. The number of benzene rings is 2. The molecule has 0 unspecified atom stereocenters. The molecule has 7 nitrogen and oxygen atoms in total. The van der Waals surface area contributed by atoms with Crippen LogP contribution in [0.1, 0.15) is 11.1 Å². The van der Waals surface area contributed by atoms with Crippen molar-refractivity contribution in [1.29, 1.82) is 0 Å². The van der Waals surface area contributed by atoms with E-state index in [1.165, 1.54) is 0 Å². The minimum Gasteiger partial charge on any atom is -0.350 e. The molecule has 1 aliphatic heterocycles. The van der Waals surface area contributed by atoms with Crippen molar-refractivity contribution in [2.75, 3.05) is 6.54 Å². The molecule has 0 spiro atoms. The summed E-state index contributed by atoms with van der Waals surface area (Å²) in [6.07, 6.45) is 0. The van der Waals surface area contributed by atoms with Crippen molar-refractivity contribution in [1.82, 2.24) is 15.1 Å². The Kier molecular flexibility index (Phi) is 5.07. The lowest BCUT2D eigenvalue weighted by Crippen LogP contribution is -2.41. The van der Waals surface area contributed by atoms with Crippen molar-refractivity contribution < 1.29 is 19.2 Å². The molecule has 2 aromatic rings. The lowest BCUT2D eigenvalue weighted by molar-refractivity contribution is -0.144. The average molecular weight is 351 g/mol. The first-order valence-corrected chi connectivity index (χ1v) is 8.08. The van der Waals surface area contributed by atoms with Gasteiger partial charge in [0.2, 0.25) is 5.91 Å². The maximum Gasteiger partial charge on any atom is 0.335 e. The molecule has 5 amide bonds. The Hall–Kier alpha value is -3.48. The molecular weight excluding hydrogens is 334 g/mol. The number of hydrogen-bond donors (Lipinski definition) is 1. The Morgan fingerprint density at radius 3 is 1.92 bits per heavy atom. The SMILES string of the molecule is O=C(CN1C(=O)C(=O)N(Cc2ccccc2)C1=O)NCc1ccccc1. The second kappa shape index (κ2) is 7.60. The molecule has 7 heteroatoms. The predicted octanol–water partition coefficient (Wildman–Crippen LogP) is 1.29. The number of rotatable bonds is 6. The molecule has 0 radical (unpaired) electrons. The monoisotopic (exact) mass is 351 g/mol. The van der Waals surface area contributed by atoms with Crippen LogP contribution in [0.15, 0.2) is 60.7 Å². The third kappa shape index (κ3) is 3.77. The molecule has 1 N–H and O–H groups in total.